The van der Waals surface area contributed by atoms with Crippen LogP contribution in [0.2, 0.25) is 0 Å². The number of carboxylic acids is 1. The number of aliphatic carboxylic acids is 1. The molecule has 0 spiro atoms. The molecule has 0 saturated carbocycles. The highest BCUT2D eigenvalue weighted by molar-refractivity contribution is 5.66. The second-order valence-electron chi connectivity index (χ2n) is 4.65. The van der Waals surface area contributed by atoms with Crippen molar-refractivity contribution in [1.82, 2.24) is 20.2 Å². The van der Waals surface area contributed by atoms with Crippen LogP contribution in [0.25, 0.3) is 0 Å². The number of ether oxygens (including phenoxy) is 1. The number of nitrogens with zero attached hydrogens (tertiary/aromatic N) is 4. The largest absolute Gasteiger partial charge is 0.481 e. The van der Waals surface area contributed by atoms with Crippen LogP contribution in [0.5, 0.6) is 0 Å². The van der Waals surface area contributed by atoms with E-state index >= 15 is 0 Å². The van der Waals surface area contributed by atoms with Crippen molar-refractivity contribution in [2.45, 2.75) is 38.6 Å². The Morgan fingerprint density at radius 3 is 3.11 bits per heavy atom. The van der Waals surface area contributed by atoms with Crippen molar-refractivity contribution in [3.05, 3.63) is 5.82 Å². The smallest absolute Gasteiger partial charge is 0.303 e. The Morgan fingerprint density at radius 1 is 1.67 bits per heavy atom. The molecule has 1 aromatic rings. The third-order valence-corrected chi connectivity index (χ3v) is 3.33. The Hall–Kier alpha value is -1.50. The molecule has 1 aliphatic rings. The fraction of sp³-hybridized carbons (Fsp3) is 0.818. The molecule has 0 aliphatic carbocycles. The van der Waals surface area contributed by atoms with E-state index in [0.717, 1.165) is 25.3 Å². The van der Waals surface area contributed by atoms with Gasteiger partial charge in [-0.3, -0.25) is 4.79 Å². The summed E-state index contributed by atoms with van der Waals surface area (Å²) in [5, 5.41) is 20.5. The van der Waals surface area contributed by atoms with Crippen LogP contribution in [0.3, 0.4) is 0 Å². The van der Waals surface area contributed by atoms with Gasteiger partial charge in [0.25, 0.3) is 0 Å². The second-order valence-corrected chi connectivity index (χ2v) is 4.65. The summed E-state index contributed by atoms with van der Waals surface area (Å²) < 4.78 is 7.06. The van der Waals surface area contributed by atoms with Gasteiger partial charge in [-0.15, -0.1) is 5.10 Å². The summed E-state index contributed by atoms with van der Waals surface area (Å²) in [6.45, 7) is 3.93. The zero-order valence-corrected chi connectivity index (χ0v) is 10.4. The molecule has 1 saturated heterocycles. The van der Waals surface area contributed by atoms with Crippen molar-refractivity contribution < 1.29 is 14.6 Å². The highest BCUT2D eigenvalue weighted by Gasteiger charge is 2.25. The van der Waals surface area contributed by atoms with Crippen molar-refractivity contribution in [2.24, 2.45) is 5.92 Å². The van der Waals surface area contributed by atoms with Crippen LogP contribution in [0.4, 0.5) is 0 Å². The molecule has 0 amide bonds. The topological polar surface area (TPSA) is 90.1 Å². The number of hydrogen-bond donors (Lipinski definition) is 1. The van der Waals surface area contributed by atoms with Crippen LogP contribution in [-0.2, 0) is 16.1 Å². The van der Waals surface area contributed by atoms with Gasteiger partial charge in [0.2, 0.25) is 0 Å². The molecule has 2 heterocycles. The lowest BCUT2D eigenvalue weighted by Gasteiger charge is -2.14. The average Bonchev–Trinajstić information content (AvgIpc) is 2.96. The Morgan fingerprint density at radius 2 is 2.50 bits per heavy atom. The molecule has 1 N–H and O–H groups in total. The van der Waals surface area contributed by atoms with Gasteiger partial charge in [-0.1, -0.05) is 13.3 Å². The Kier molecular flexibility index (Phi) is 4.24. The summed E-state index contributed by atoms with van der Waals surface area (Å²) in [6, 6.07) is 0. The van der Waals surface area contributed by atoms with E-state index in [4.69, 9.17) is 9.84 Å². The first-order valence-electron chi connectivity index (χ1n) is 6.26. The Labute approximate surface area is 105 Å². The monoisotopic (exact) mass is 254 g/mol. The Balaban J connectivity index is 2.03. The second kappa shape index (κ2) is 5.90. The molecular weight excluding hydrogens is 236 g/mol. The maximum absolute atomic E-state index is 10.8. The summed E-state index contributed by atoms with van der Waals surface area (Å²) in [5.74, 6) is 0.339. The van der Waals surface area contributed by atoms with Crippen molar-refractivity contribution in [3.63, 3.8) is 0 Å². The lowest BCUT2D eigenvalue weighted by molar-refractivity contribution is -0.138. The summed E-state index contributed by atoms with van der Waals surface area (Å²) in [6.07, 6.45) is 1.87. The van der Waals surface area contributed by atoms with Gasteiger partial charge in [0.1, 0.15) is 0 Å². The van der Waals surface area contributed by atoms with Gasteiger partial charge in [0.05, 0.1) is 6.61 Å². The quantitative estimate of drug-likeness (QED) is 0.802. The average molecular weight is 254 g/mol. The van der Waals surface area contributed by atoms with Crippen molar-refractivity contribution >= 4 is 5.97 Å². The van der Waals surface area contributed by atoms with Crippen LogP contribution >= 0.6 is 0 Å². The molecule has 2 atom stereocenters. The van der Waals surface area contributed by atoms with Crippen molar-refractivity contribution in [2.75, 3.05) is 13.2 Å². The first-order valence-corrected chi connectivity index (χ1v) is 6.26. The molecule has 0 radical (unpaired) electrons. The summed E-state index contributed by atoms with van der Waals surface area (Å²) >= 11 is 0. The standard InChI is InChI=1S/C11H18N4O3/c1-2-8(5-10(16)17)6-15-11(12-13-14-15)9-3-4-18-7-9/h8-9H,2-7H2,1H3,(H,16,17). The van der Waals surface area contributed by atoms with E-state index in [9.17, 15) is 4.79 Å². The number of tetrazole rings is 1. The minimum absolute atomic E-state index is 0.0621. The molecule has 1 fully saturated rings. The number of aromatic nitrogens is 4. The first-order chi connectivity index (χ1) is 8.70. The van der Waals surface area contributed by atoms with E-state index in [1.165, 1.54) is 0 Å². The predicted octanol–water partition coefficient (Wildman–Crippen LogP) is 0.678. The molecule has 0 aromatic carbocycles. The number of carbonyl (C=O) groups is 1. The van der Waals surface area contributed by atoms with E-state index in [2.05, 4.69) is 15.5 Å². The first kappa shape index (κ1) is 12.9. The minimum Gasteiger partial charge on any atom is -0.481 e. The van der Waals surface area contributed by atoms with Gasteiger partial charge < -0.3 is 9.84 Å². The van der Waals surface area contributed by atoms with E-state index in [-0.39, 0.29) is 18.3 Å². The molecule has 2 unspecified atom stereocenters. The lowest BCUT2D eigenvalue weighted by Crippen LogP contribution is -2.19. The number of carboxylic acid groups (broad SMARTS) is 1. The summed E-state index contributed by atoms with van der Waals surface area (Å²) in [4.78, 5) is 10.8. The molecule has 18 heavy (non-hydrogen) atoms. The van der Waals surface area contributed by atoms with Gasteiger partial charge >= 0.3 is 5.97 Å². The third kappa shape index (κ3) is 3.04. The predicted molar refractivity (Wildman–Crippen MR) is 62.0 cm³/mol. The molecule has 7 nitrogen and oxygen atoms in total. The van der Waals surface area contributed by atoms with Crippen LogP contribution < -0.4 is 0 Å². The lowest BCUT2D eigenvalue weighted by atomic mass is 10.0. The molecular formula is C11H18N4O3. The summed E-state index contributed by atoms with van der Waals surface area (Å²) in [7, 11) is 0. The fourth-order valence-electron chi connectivity index (χ4n) is 2.20. The Bertz CT molecular complexity index is 401. The molecule has 1 aromatic heterocycles. The van der Waals surface area contributed by atoms with Crippen molar-refractivity contribution in [3.8, 4) is 0 Å². The van der Waals surface area contributed by atoms with E-state index in [1.54, 1.807) is 4.68 Å². The van der Waals surface area contributed by atoms with Gasteiger partial charge in [0, 0.05) is 25.5 Å². The highest BCUT2D eigenvalue weighted by Crippen LogP contribution is 2.23. The molecule has 100 valence electrons. The van der Waals surface area contributed by atoms with Crippen LogP contribution in [0, 0.1) is 5.92 Å². The fourth-order valence-corrected chi connectivity index (χ4v) is 2.20. The summed E-state index contributed by atoms with van der Waals surface area (Å²) in [5.41, 5.74) is 0. The molecule has 2 rings (SSSR count). The van der Waals surface area contributed by atoms with Crippen LogP contribution in [0.15, 0.2) is 0 Å². The molecule has 7 heteroatoms. The normalized spacial score (nSPS) is 21.1. The molecule has 0 bridgehead atoms. The number of rotatable bonds is 6. The van der Waals surface area contributed by atoms with Gasteiger partial charge in [-0.25, -0.2) is 4.68 Å². The maximum atomic E-state index is 10.8. The van der Waals surface area contributed by atoms with E-state index < -0.39 is 5.97 Å². The van der Waals surface area contributed by atoms with Gasteiger partial charge in [0.15, 0.2) is 5.82 Å². The minimum atomic E-state index is -0.777. The maximum Gasteiger partial charge on any atom is 0.303 e. The number of hydrogen-bond acceptors (Lipinski definition) is 5. The van der Waals surface area contributed by atoms with Gasteiger partial charge in [-0.05, 0) is 22.8 Å². The molecule has 1 aliphatic heterocycles. The van der Waals surface area contributed by atoms with Gasteiger partial charge in [-0.2, -0.15) is 0 Å². The van der Waals surface area contributed by atoms with Crippen molar-refractivity contribution in [1.29, 1.82) is 0 Å². The van der Waals surface area contributed by atoms with Crippen LogP contribution in [0.1, 0.15) is 37.9 Å². The third-order valence-electron chi connectivity index (χ3n) is 3.33. The highest BCUT2D eigenvalue weighted by atomic mass is 16.5. The zero-order valence-electron chi connectivity index (χ0n) is 10.4. The SMILES string of the molecule is CCC(CC(=O)O)Cn1nnnc1C1CCOC1. The van der Waals surface area contributed by atoms with E-state index in [1.807, 2.05) is 6.92 Å². The zero-order chi connectivity index (χ0) is 13.0. The van der Waals surface area contributed by atoms with E-state index in [0.29, 0.717) is 13.2 Å². The van der Waals surface area contributed by atoms with Crippen LogP contribution in [-0.4, -0.2) is 44.5 Å².